The third-order valence-corrected chi connectivity index (χ3v) is 7.21. The number of hydrogen-bond donors (Lipinski definition) is 3. The van der Waals surface area contributed by atoms with Crippen molar-refractivity contribution in [3.05, 3.63) is 36.0 Å². The summed E-state index contributed by atoms with van der Waals surface area (Å²) in [5, 5.41) is 30.8. The van der Waals surface area contributed by atoms with Gasteiger partial charge in [0.15, 0.2) is 0 Å². The highest BCUT2D eigenvalue weighted by atomic mass is 16.6. The second-order valence-electron chi connectivity index (χ2n) is 11.1. The van der Waals surface area contributed by atoms with Crippen molar-refractivity contribution in [2.24, 2.45) is 17.8 Å². The summed E-state index contributed by atoms with van der Waals surface area (Å²) < 4.78 is 11.2. The second kappa shape index (κ2) is 15.7. The van der Waals surface area contributed by atoms with E-state index in [2.05, 4.69) is 45.9 Å². The Kier molecular flexibility index (Phi) is 14.2. The minimum atomic E-state index is -1.25. The second-order valence-corrected chi connectivity index (χ2v) is 11.1. The zero-order valence-electron chi connectivity index (χ0n) is 23.8. The predicted octanol–water partition coefficient (Wildman–Crippen LogP) is 5.51. The summed E-state index contributed by atoms with van der Waals surface area (Å²) in [6.45, 7) is 15.3. The van der Waals surface area contributed by atoms with Gasteiger partial charge >= 0.3 is 5.97 Å². The average molecular weight is 509 g/mol. The number of rotatable bonds is 17. The van der Waals surface area contributed by atoms with E-state index < -0.39 is 23.8 Å². The molecule has 36 heavy (non-hydrogen) atoms. The molecule has 3 N–H and O–H groups in total. The maximum Gasteiger partial charge on any atom is 0.303 e. The number of epoxide rings is 1. The van der Waals surface area contributed by atoms with Crippen LogP contribution >= 0.6 is 0 Å². The Hall–Kier alpha value is -1.47. The Balaban J connectivity index is 2.58. The lowest BCUT2D eigenvalue weighted by Crippen LogP contribution is -2.41. The smallest absolute Gasteiger partial charge is 0.303 e. The minimum Gasteiger partial charge on any atom is -0.455 e. The van der Waals surface area contributed by atoms with Gasteiger partial charge < -0.3 is 24.8 Å². The number of carbonyl (C=O) groups excluding carboxylic acids is 1. The Morgan fingerprint density at radius 2 is 1.72 bits per heavy atom. The van der Waals surface area contributed by atoms with Crippen LogP contribution in [-0.2, 0) is 14.3 Å². The predicted molar refractivity (Wildman–Crippen MR) is 145 cm³/mol. The Morgan fingerprint density at radius 1 is 1.06 bits per heavy atom. The van der Waals surface area contributed by atoms with E-state index in [-0.39, 0.29) is 30.1 Å². The van der Waals surface area contributed by atoms with Gasteiger partial charge in [-0.1, -0.05) is 64.5 Å². The van der Waals surface area contributed by atoms with Gasteiger partial charge in [-0.3, -0.25) is 4.79 Å². The molecule has 0 radical (unpaired) electrons. The Labute approximate surface area is 219 Å². The summed E-state index contributed by atoms with van der Waals surface area (Å²) in [6, 6.07) is 0. The van der Waals surface area contributed by atoms with Crippen LogP contribution in [0.3, 0.4) is 0 Å². The van der Waals surface area contributed by atoms with Gasteiger partial charge in [-0.25, -0.2) is 0 Å². The highest BCUT2D eigenvalue weighted by Crippen LogP contribution is 2.36. The van der Waals surface area contributed by atoms with Crippen molar-refractivity contribution < 1.29 is 29.6 Å². The van der Waals surface area contributed by atoms with Crippen LogP contribution in [0, 0.1) is 17.8 Å². The third kappa shape index (κ3) is 12.2. The molecule has 1 aliphatic rings. The summed E-state index contributed by atoms with van der Waals surface area (Å²) in [5.74, 6) is 0.336. The first-order valence-electron chi connectivity index (χ1n) is 13.7. The van der Waals surface area contributed by atoms with Crippen LogP contribution in [0.15, 0.2) is 36.0 Å². The molecule has 1 rings (SSSR count). The van der Waals surface area contributed by atoms with E-state index in [9.17, 15) is 20.1 Å². The van der Waals surface area contributed by atoms with Gasteiger partial charge in [0.1, 0.15) is 11.7 Å². The summed E-state index contributed by atoms with van der Waals surface area (Å²) in [5.41, 5.74) is -0.0175. The molecule has 1 aliphatic heterocycles. The van der Waals surface area contributed by atoms with Crippen molar-refractivity contribution in [3.63, 3.8) is 0 Å². The lowest BCUT2D eigenvalue weighted by Gasteiger charge is -2.31. The fourth-order valence-corrected chi connectivity index (χ4v) is 4.55. The zero-order valence-corrected chi connectivity index (χ0v) is 23.8. The summed E-state index contributed by atoms with van der Waals surface area (Å²) in [7, 11) is 0. The number of hydrogen-bond acceptors (Lipinski definition) is 6. The van der Waals surface area contributed by atoms with E-state index in [1.54, 1.807) is 13.0 Å². The van der Waals surface area contributed by atoms with Crippen molar-refractivity contribution in [3.8, 4) is 0 Å². The van der Waals surface area contributed by atoms with Crippen molar-refractivity contribution in [2.75, 3.05) is 0 Å². The quantitative estimate of drug-likeness (QED) is 0.104. The molecular formula is C30H52O6. The lowest BCUT2D eigenvalue weighted by atomic mass is 9.90. The Bertz CT molecular complexity index is 740. The van der Waals surface area contributed by atoms with Crippen molar-refractivity contribution in [1.29, 1.82) is 0 Å². The number of aliphatic hydroxyl groups excluding tert-OH is 2. The molecule has 0 spiro atoms. The molecule has 9 unspecified atom stereocenters. The van der Waals surface area contributed by atoms with E-state index in [0.29, 0.717) is 25.2 Å². The number of allylic oxidation sites excluding steroid dienone is 5. The topological polar surface area (TPSA) is 99.5 Å². The first-order valence-corrected chi connectivity index (χ1v) is 13.7. The van der Waals surface area contributed by atoms with Gasteiger partial charge in [0, 0.05) is 12.8 Å². The van der Waals surface area contributed by atoms with Crippen LogP contribution in [0.5, 0.6) is 0 Å². The summed E-state index contributed by atoms with van der Waals surface area (Å²) >= 11 is 0. The first kappa shape index (κ1) is 32.6. The normalized spacial score (nSPS) is 25.2. The van der Waals surface area contributed by atoms with Gasteiger partial charge in [0.25, 0.3) is 0 Å². The van der Waals surface area contributed by atoms with E-state index in [1.165, 1.54) is 12.5 Å². The van der Waals surface area contributed by atoms with Gasteiger partial charge in [-0.15, -0.1) is 0 Å². The van der Waals surface area contributed by atoms with Gasteiger partial charge in [0.2, 0.25) is 0 Å². The van der Waals surface area contributed by atoms with Crippen LogP contribution < -0.4 is 0 Å². The van der Waals surface area contributed by atoms with Crippen LogP contribution in [0.25, 0.3) is 0 Å². The molecule has 9 atom stereocenters. The van der Waals surface area contributed by atoms with E-state index in [0.717, 1.165) is 19.3 Å². The van der Waals surface area contributed by atoms with E-state index >= 15 is 0 Å². The van der Waals surface area contributed by atoms with Gasteiger partial charge in [-0.05, 0) is 70.3 Å². The number of aliphatic hydroxyl groups is 3. The fourth-order valence-electron chi connectivity index (χ4n) is 4.55. The molecule has 1 heterocycles. The largest absolute Gasteiger partial charge is 0.455 e. The van der Waals surface area contributed by atoms with Crippen LogP contribution in [0.1, 0.15) is 93.9 Å². The molecule has 208 valence electrons. The summed E-state index contributed by atoms with van der Waals surface area (Å²) in [4.78, 5) is 11.6. The highest BCUT2D eigenvalue weighted by molar-refractivity contribution is 5.66. The molecule has 6 nitrogen and oxygen atoms in total. The number of ether oxygens (including phenoxy) is 2. The number of carbonyl (C=O) groups is 1. The molecule has 1 fully saturated rings. The van der Waals surface area contributed by atoms with Gasteiger partial charge in [-0.2, -0.15) is 0 Å². The molecular weight excluding hydrogens is 456 g/mol. The molecule has 0 aromatic rings. The lowest BCUT2D eigenvalue weighted by molar-refractivity contribution is -0.156. The molecule has 0 aromatic carbocycles. The molecule has 0 amide bonds. The van der Waals surface area contributed by atoms with Gasteiger partial charge in [0.05, 0.1) is 24.4 Å². The minimum absolute atomic E-state index is 0.175. The Morgan fingerprint density at radius 3 is 2.31 bits per heavy atom. The maximum absolute atomic E-state index is 11.6. The van der Waals surface area contributed by atoms with Crippen LogP contribution in [-0.4, -0.2) is 57.4 Å². The highest BCUT2D eigenvalue weighted by Gasteiger charge is 2.44. The van der Waals surface area contributed by atoms with Crippen LogP contribution in [0.4, 0.5) is 0 Å². The molecule has 0 saturated carbocycles. The van der Waals surface area contributed by atoms with Crippen LogP contribution in [0.2, 0.25) is 0 Å². The molecule has 1 saturated heterocycles. The third-order valence-electron chi connectivity index (χ3n) is 7.21. The first-order chi connectivity index (χ1) is 16.8. The van der Waals surface area contributed by atoms with E-state index in [1.807, 2.05) is 19.9 Å². The maximum atomic E-state index is 11.6. The van der Waals surface area contributed by atoms with Crippen molar-refractivity contribution in [2.45, 2.75) is 130 Å². The standard InChI is InChI=1S/C30H52O6/c1-9-25(32)16-17-30(8,34)28(35-24(7)31)15-14-22(5)18-20(3)12-11-13-21(4)19-27-29(36-27)23(6)26(33)10-2/h11-15,21-23,25-29,32-34H,9-10,16-19H2,1-8H3. The zero-order chi connectivity index (χ0) is 27.5. The van der Waals surface area contributed by atoms with Crippen molar-refractivity contribution in [1.82, 2.24) is 0 Å². The number of esters is 1. The fraction of sp³-hybridized carbons (Fsp3) is 0.767. The van der Waals surface area contributed by atoms with Crippen molar-refractivity contribution >= 4 is 5.97 Å². The summed E-state index contributed by atoms with van der Waals surface area (Å²) in [6.07, 6.45) is 13.0. The molecule has 0 aliphatic carbocycles. The SMILES string of the molecule is CCC(O)CCC(C)(O)C(C=CC(C)CC(C)=CC=CC(C)CC1OC1C(C)C(O)CC)OC(C)=O. The van der Waals surface area contributed by atoms with E-state index in [4.69, 9.17) is 9.47 Å². The average Bonchev–Trinajstić information content (AvgIpc) is 3.57. The molecule has 0 bridgehead atoms. The molecule has 0 aromatic heterocycles. The monoisotopic (exact) mass is 508 g/mol. The molecule has 6 heteroatoms.